The molecule has 2 saturated heterocycles. The minimum Gasteiger partial charge on any atom is -0.367 e. The molecule has 35 heavy (non-hydrogen) atoms. The molecule has 186 valence electrons. The summed E-state index contributed by atoms with van der Waals surface area (Å²) in [4.78, 5) is 44.7. The summed E-state index contributed by atoms with van der Waals surface area (Å²) in [6.45, 7) is 9.72. The van der Waals surface area contributed by atoms with Crippen molar-refractivity contribution in [1.82, 2.24) is 9.80 Å². The first-order valence-corrected chi connectivity index (χ1v) is 12.7. The van der Waals surface area contributed by atoms with Crippen molar-refractivity contribution in [2.75, 3.05) is 49.5 Å². The van der Waals surface area contributed by atoms with Crippen LogP contribution in [-0.4, -0.2) is 66.8 Å². The Morgan fingerprint density at radius 3 is 2.03 bits per heavy atom. The van der Waals surface area contributed by atoms with E-state index >= 15 is 0 Å². The van der Waals surface area contributed by atoms with Crippen molar-refractivity contribution in [1.29, 1.82) is 0 Å². The van der Waals surface area contributed by atoms with Crippen LogP contribution in [-0.2, 0) is 4.79 Å². The Bertz CT molecular complexity index is 1070. The van der Waals surface area contributed by atoms with Gasteiger partial charge in [0, 0.05) is 62.1 Å². The lowest BCUT2D eigenvalue weighted by Crippen LogP contribution is -2.49. The first kappa shape index (κ1) is 24.8. The minimum atomic E-state index is -0.143. The Labute approximate surface area is 208 Å². The molecule has 0 radical (unpaired) electrons. The van der Waals surface area contributed by atoms with Crippen LogP contribution in [0.1, 0.15) is 59.4 Å². The van der Waals surface area contributed by atoms with Gasteiger partial charge < -0.3 is 20.0 Å². The van der Waals surface area contributed by atoms with Gasteiger partial charge in [-0.1, -0.05) is 31.5 Å². The van der Waals surface area contributed by atoms with Crippen LogP contribution in [0.5, 0.6) is 0 Å². The van der Waals surface area contributed by atoms with Crippen LogP contribution < -0.4 is 10.2 Å². The van der Waals surface area contributed by atoms with E-state index in [4.69, 9.17) is 0 Å². The zero-order valence-corrected chi connectivity index (χ0v) is 21.0. The minimum absolute atomic E-state index is 0.0125. The number of rotatable bonds is 5. The van der Waals surface area contributed by atoms with Gasteiger partial charge in [-0.2, -0.15) is 0 Å². The summed E-state index contributed by atoms with van der Waals surface area (Å²) in [6.07, 6.45) is 3.19. The molecule has 0 aromatic heterocycles. The third kappa shape index (κ3) is 5.84. The smallest absolute Gasteiger partial charge is 0.256 e. The molecule has 0 spiro atoms. The molecule has 7 heteroatoms. The van der Waals surface area contributed by atoms with Gasteiger partial charge in [-0.3, -0.25) is 14.4 Å². The number of nitrogens with zero attached hydrogens (tertiary/aromatic N) is 3. The maximum Gasteiger partial charge on any atom is 0.256 e. The van der Waals surface area contributed by atoms with Crippen molar-refractivity contribution in [3.63, 3.8) is 0 Å². The first-order chi connectivity index (χ1) is 16.8. The number of amides is 3. The highest BCUT2D eigenvalue weighted by Gasteiger charge is 2.27. The van der Waals surface area contributed by atoms with E-state index in [1.54, 1.807) is 0 Å². The quantitative estimate of drug-likeness (QED) is 0.703. The number of carbonyl (C=O) groups is 3. The Morgan fingerprint density at radius 2 is 1.40 bits per heavy atom. The largest absolute Gasteiger partial charge is 0.367 e. The van der Waals surface area contributed by atoms with Gasteiger partial charge in [0.25, 0.3) is 11.8 Å². The molecule has 7 nitrogen and oxygen atoms in total. The van der Waals surface area contributed by atoms with Gasteiger partial charge in [0.2, 0.25) is 5.91 Å². The molecule has 0 aliphatic carbocycles. The molecule has 0 saturated carbocycles. The summed E-state index contributed by atoms with van der Waals surface area (Å²) in [5.41, 5.74) is 3.96. The number of likely N-dealkylation sites (tertiary alicyclic amines) is 1. The molecule has 4 rings (SSSR count). The van der Waals surface area contributed by atoms with E-state index in [0.29, 0.717) is 43.0 Å². The summed E-state index contributed by atoms with van der Waals surface area (Å²) in [5.74, 6) is -0.160. The Hall–Kier alpha value is -3.35. The fourth-order valence-electron chi connectivity index (χ4n) is 4.64. The second-order valence-corrected chi connectivity index (χ2v) is 9.87. The number of hydrogen-bond acceptors (Lipinski definition) is 4. The van der Waals surface area contributed by atoms with E-state index in [1.165, 1.54) is 0 Å². The number of carbonyl (C=O) groups excluding carboxylic acids is 3. The lowest BCUT2D eigenvalue weighted by molar-refractivity contribution is -0.118. The highest BCUT2D eigenvalue weighted by Crippen LogP contribution is 2.28. The van der Waals surface area contributed by atoms with Gasteiger partial charge in [-0.05, 0) is 56.5 Å². The predicted molar refractivity (Wildman–Crippen MR) is 139 cm³/mol. The number of anilines is 2. The van der Waals surface area contributed by atoms with E-state index in [9.17, 15) is 14.4 Å². The zero-order chi connectivity index (χ0) is 24.9. The Morgan fingerprint density at radius 1 is 0.771 bits per heavy atom. The molecular weight excluding hydrogens is 440 g/mol. The van der Waals surface area contributed by atoms with Gasteiger partial charge in [0.15, 0.2) is 0 Å². The zero-order valence-electron chi connectivity index (χ0n) is 21.0. The fourth-order valence-corrected chi connectivity index (χ4v) is 4.64. The van der Waals surface area contributed by atoms with Crippen LogP contribution in [0.3, 0.4) is 0 Å². The number of piperazine rings is 1. The summed E-state index contributed by atoms with van der Waals surface area (Å²) in [7, 11) is 0. The fraction of sp³-hybridized carbons (Fsp3) is 0.464. The standard InChI is InChI=1S/C28H36N4O3/c1-20(2)26(33)29-23-11-12-25(24(19-23)28(35)31-13-5-4-6-14-31)30-15-17-32(18-16-30)27(34)22-9-7-21(3)8-10-22/h7-12,19-20H,4-6,13-18H2,1-3H3,(H,29,33). The normalized spacial score (nSPS) is 16.4. The molecule has 2 aromatic carbocycles. The molecule has 2 heterocycles. The van der Waals surface area contributed by atoms with E-state index < -0.39 is 0 Å². The average Bonchev–Trinajstić information content (AvgIpc) is 2.89. The lowest BCUT2D eigenvalue weighted by Gasteiger charge is -2.37. The number of piperidine rings is 1. The first-order valence-electron chi connectivity index (χ1n) is 12.7. The monoisotopic (exact) mass is 476 g/mol. The number of nitrogens with one attached hydrogen (secondary N) is 1. The molecule has 2 aliphatic heterocycles. The number of aryl methyl sites for hydroxylation is 1. The molecule has 0 bridgehead atoms. The van der Waals surface area contributed by atoms with Crippen LogP contribution in [0, 0.1) is 12.8 Å². The van der Waals surface area contributed by atoms with E-state index in [2.05, 4.69) is 10.2 Å². The summed E-state index contributed by atoms with van der Waals surface area (Å²) in [5, 5.41) is 2.93. The topological polar surface area (TPSA) is 73.0 Å². The SMILES string of the molecule is Cc1ccc(C(=O)N2CCN(c3ccc(NC(=O)C(C)C)cc3C(=O)N3CCCCC3)CC2)cc1. The van der Waals surface area contributed by atoms with Crippen LogP contribution in [0.25, 0.3) is 0 Å². The average molecular weight is 477 g/mol. The summed E-state index contributed by atoms with van der Waals surface area (Å²) in [6, 6.07) is 13.3. The number of benzene rings is 2. The second kappa shape index (κ2) is 10.9. The highest BCUT2D eigenvalue weighted by molar-refractivity contribution is 6.02. The van der Waals surface area contributed by atoms with Crippen molar-refractivity contribution in [2.45, 2.75) is 40.0 Å². The Balaban J connectivity index is 1.52. The van der Waals surface area contributed by atoms with Gasteiger partial charge in [-0.15, -0.1) is 0 Å². The van der Waals surface area contributed by atoms with Crippen LogP contribution in [0.15, 0.2) is 42.5 Å². The van der Waals surface area contributed by atoms with Crippen LogP contribution >= 0.6 is 0 Å². The van der Waals surface area contributed by atoms with E-state index in [-0.39, 0.29) is 23.6 Å². The van der Waals surface area contributed by atoms with Crippen molar-refractivity contribution in [3.05, 3.63) is 59.2 Å². The second-order valence-electron chi connectivity index (χ2n) is 9.87. The molecule has 2 aromatic rings. The summed E-state index contributed by atoms with van der Waals surface area (Å²) >= 11 is 0. The highest BCUT2D eigenvalue weighted by atomic mass is 16.2. The maximum atomic E-state index is 13.5. The Kier molecular flexibility index (Phi) is 7.73. The number of hydrogen-bond donors (Lipinski definition) is 1. The van der Waals surface area contributed by atoms with E-state index in [1.807, 2.05) is 73.0 Å². The molecular formula is C28H36N4O3. The summed E-state index contributed by atoms with van der Waals surface area (Å²) < 4.78 is 0. The van der Waals surface area contributed by atoms with E-state index in [0.717, 1.165) is 43.6 Å². The van der Waals surface area contributed by atoms with Gasteiger partial charge in [0.05, 0.1) is 5.56 Å². The molecule has 0 atom stereocenters. The van der Waals surface area contributed by atoms with Gasteiger partial charge >= 0.3 is 0 Å². The third-order valence-electron chi connectivity index (χ3n) is 6.87. The van der Waals surface area contributed by atoms with Crippen LogP contribution in [0.4, 0.5) is 11.4 Å². The lowest BCUT2D eigenvalue weighted by atomic mass is 10.0. The molecule has 1 N–H and O–H groups in total. The molecule has 3 amide bonds. The van der Waals surface area contributed by atoms with Crippen molar-refractivity contribution in [3.8, 4) is 0 Å². The van der Waals surface area contributed by atoms with Crippen LogP contribution in [0.2, 0.25) is 0 Å². The van der Waals surface area contributed by atoms with Gasteiger partial charge in [-0.25, -0.2) is 0 Å². The molecule has 2 fully saturated rings. The third-order valence-corrected chi connectivity index (χ3v) is 6.87. The van der Waals surface area contributed by atoms with Crippen molar-refractivity contribution in [2.24, 2.45) is 5.92 Å². The van der Waals surface area contributed by atoms with Crippen molar-refractivity contribution >= 4 is 29.1 Å². The molecule has 0 unspecified atom stereocenters. The van der Waals surface area contributed by atoms with Crippen molar-refractivity contribution < 1.29 is 14.4 Å². The van der Waals surface area contributed by atoms with Gasteiger partial charge in [0.1, 0.15) is 0 Å². The predicted octanol–water partition coefficient (Wildman–Crippen LogP) is 4.18. The maximum absolute atomic E-state index is 13.5. The molecule has 2 aliphatic rings.